The van der Waals surface area contributed by atoms with Crippen molar-refractivity contribution in [3.63, 3.8) is 0 Å². The number of hydrogen-bond donors (Lipinski definition) is 1. The normalized spacial score (nSPS) is 43.8. The molecule has 18 heavy (non-hydrogen) atoms. The largest absolute Gasteiger partial charge is 0.393 e. The smallest absolute Gasteiger partial charge is 0.0580 e. The molecule has 1 N–H and O–H groups in total. The third kappa shape index (κ3) is 2.75. The Morgan fingerprint density at radius 1 is 0.944 bits per heavy atom. The Hall–Kier alpha value is -0.0800. The number of aliphatic hydroxyl groups is 1. The van der Waals surface area contributed by atoms with Crippen molar-refractivity contribution >= 4 is 0 Å². The molecule has 3 rings (SSSR count). The molecule has 0 saturated heterocycles. The third-order valence-corrected chi connectivity index (χ3v) is 5.85. The van der Waals surface area contributed by atoms with Gasteiger partial charge in [-0.15, -0.1) is 0 Å². The highest BCUT2D eigenvalue weighted by molar-refractivity contribution is 4.91. The molecule has 104 valence electrons. The Kier molecular flexibility index (Phi) is 3.95. The first-order valence-electron chi connectivity index (χ1n) is 8.09. The predicted octanol–water partition coefficient (Wildman–Crippen LogP) is 2.91. The minimum atomic E-state index is -0.0266. The van der Waals surface area contributed by atoms with Crippen LogP contribution in [-0.4, -0.2) is 36.2 Å². The number of nitrogens with zero attached hydrogens (tertiary/aromatic N) is 1. The predicted molar refractivity (Wildman–Crippen MR) is 74.4 cm³/mol. The summed E-state index contributed by atoms with van der Waals surface area (Å²) in [6, 6.07) is 0. The van der Waals surface area contributed by atoms with E-state index in [0.29, 0.717) is 5.92 Å². The van der Waals surface area contributed by atoms with Gasteiger partial charge in [-0.25, -0.2) is 0 Å². The molecule has 0 heterocycles. The summed E-state index contributed by atoms with van der Waals surface area (Å²) in [6.45, 7) is 2.40. The van der Waals surface area contributed by atoms with Gasteiger partial charge in [0.25, 0.3) is 0 Å². The molecule has 0 aliphatic heterocycles. The number of fused-ring (bicyclic) bond motifs is 2. The van der Waals surface area contributed by atoms with E-state index in [2.05, 4.69) is 11.9 Å². The highest BCUT2D eigenvalue weighted by Gasteiger charge is 2.39. The van der Waals surface area contributed by atoms with Crippen LogP contribution in [-0.2, 0) is 0 Å². The second-order valence-electron chi connectivity index (χ2n) is 7.27. The van der Waals surface area contributed by atoms with Gasteiger partial charge < -0.3 is 10.0 Å². The first-order chi connectivity index (χ1) is 8.72. The van der Waals surface area contributed by atoms with Crippen LogP contribution < -0.4 is 0 Å². The lowest BCUT2D eigenvalue weighted by Crippen LogP contribution is -2.38. The fraction of sp³-hybridized carbons (Fsp3) is 1.00. The maximum Gasteiger partial charge on any atom is 0.0580 e. The Bertz CT molecular complexity index is 276. The standard InChI is InChI=1S/C16H29NO/c1-17(10-14-4-2-3-5-16(14)18)11-15-9-12-6-7-13(15)8-12/h12-16,18H,2-11H2,1H3. The van der Waals surface area contributed by atoms with Gasteiger partial charge in [0.1, 0.15) is 0 Å². The zero-order valence-electron chi connectivity index (χ0n) is 11.9. The first kappa shape index (κ1) is 12.9. The lowest BCUT2D eigenvalue weighted by molar-refractivity contribution is 0.0468. The second-order valence-corrected chi connectivity index (χ2v) is 7.27. The van der Waals surface area contributed by atoms with E-state index in [9.17, 15) is 5.11 Å². The van der Waals surface area contributed by atoms with Crippen molar-refractivity contribution in [1.29, 1.82) is 0 Å². The van der Waals surface area contributed by atoms with Gasteiger partial charge in [-0.1, -0.05) is 19.3 Å². The molecule has 3 saturated carbocycles. The van der Waals surface area contributed by atoms with Gasteiger partial charge in [-0.05, 0) is 62.8 Å². The summed E-state index contributed by atoms with van der Waals surface area (Å²) in [6.07, 6.45) is 10.8. The maximum atomic E-state index is 10.1. The maximum absolute atomic E-state index is 10.1. The molecule has 0 spiro atoms. The summed E-state index contributed by atoms with van der Waals surface area (Å²) in [5.74, 6) is 3.61. The van der Waals surface area contributed by atoms with Gasteiger partial charge in [0.2, 0.25) is 0 Å². The summed E-state index contributed by atoms with van der Waals surface area (Å²) in [4.78, 5) is 2.52. The van der Waals surface area contributed by atoms with E-state index in [0.717, 1.165) is 30.7 Å². The summed E-state index contributed by atoms with van der Waals surface area (Å²) >= 11 is 0. The van der Waals surface area contributed by atoms with Crippen molar-refractivity contribution < 1.29 is 5.11 Å². The zero-order valence-corrected chi connectivity index (χ0v) is 11.9. The summed E-state index contributed by atoms with van der Waals surface area (Å²) in [5.41, 5.74) is 0. The quantitative estimate of drug-likeness (QED) is 0.830. The van der Waals surface area contributed by atoms with Crippen molar-refractivity contribution in [2.75, 3.05) is 20.1 Å². The van der Waals surface area contributed by atoms with Gasteiger partial charge in [0.05, 0.1) is 6.10 Å². The van der Waals surface area contributed by atoms with E-state index in [-0.39, 0.29) is 6.10 Å². The van der Waals surface area contributed by atoms with E-state index >= 15 is 0 Å². The van der Waals surface area contributed by atoms with Crippen LogP contribution in [0.15, 0.2) is 0 Å². The van der Waals surface area contributed by atoms with Gasteiger partial charge in [0.15, 0.2) is 0 Å². The molecule has 5 atom stereocenters. The average molecular weight is 251 g/mol. The second kappa shape index (κ2) is 5.50. The first-order valence-corrected chi connectivity index (χ1v) is 8.09. The third-order valence-electron chi connectivity index (χ3n) is 5.85. The molecule has 0 aromatic heterocycles. The van der Waals surface area contributed by atoms with Crippen LogP contribution in [0.4, 0.5) is 0 Å². The summed E-state index contributed by atoms with van der Waals surface area (Å²) in [7, 11) is 2.27. The lowest BCUT2D eigenvalue weighted by Gasteiger charge is -2.33. The fourth-order valence-corrected chi connectivity index (χ4v) is 4.88. The highest BCUT2D eigenvalue weighted by Crippen LogP contribution is 2.48. The van der Waals surface area contributed by atoms with Gasteiger partial charge in [-0.3, -0.25) is 0 Å². The van der Waals surface area contributed by atoms with E-state index in [1.165, 1.54) is 51.5 Å². The Morgan fingerprint density at radius 3 is 2.39 bits per heavy atom. The zero-order chi connectivity index (χ0) is 12.5. The topological polar surface area (TPSA) is 23.5 Å². The fourth-order valence-electron chi connectivity index (χ4n) is 4.88. The minimum absolute atomic E-state index is 0.0266. The van der Waals surface area contributed by atoms with E-state index < -0.39 is 0 Å². The molecular weight excluding hydrogens is 222 g/mol. The summed E-state index contributed by atoms with van der Waals surface area (Å²) < 4.78 is 0. The molecule has 0 amide bonds. The minimum Gasteiger partial charge on any atom is -0.393 e. The van der Waals surface area contributed by atoms with Crippen LogP contribution in [0.2, 0.25) is 0 Å². The molecule has 2 heteroatoms. The van der Waals surface area contributed by atoms with Crippen LogP contribution in [0.3, 0.4) is 0 Å². The van der Waals surface area contributed by atoms with E-state index in [1.807, 2.05) is 0 Å². The molecule has 0 radical (unpaired) electrons. The Balaban J connectivity index is 1.45. The van der Waals surface area contributed by atoms with Crippen molar-refractivity contribution in [2.45, 2.75) is 57.5 Å². The molecule has 2 nitrogen and oxygen atoms in total. The van der Waals surface area contributed by atoms with E-state index in [1.54, 1.807) is 0 Å². The summed E-state index contributed by atoms with van der Waals surface area (Å²) in [5, 5.41) is 10.1. The number of rotatable bonds is 4. The van der Waals surface area contributed by atoms with E-state index in [4.69, 9.17) is 0 Å². The van der Waals surface area contributed by atoms with Crippen molar-refractivity contribution in [3.05, 3.63) is 0 Å². The number of aliphatic hydroxyl groups excluding tert-OH is 1. The van der Waals surface area contributed by atoms with Crippen LogP contribution in [0.1, 0.15) is 51.4 Å². The SMILES string of the molecule is CN(CC1CCCCC1O)CC1CC2CCC1C2. The van der Waals surface area contributed by atoms with Gasteiger partial charge in [0, 0.05) is 13.1 Å². The molecule has 3 fully saturated rings. The highest BCUT2D eigenvalue weighted by atomic mass is 16.3. The molecule has 5 unspecified atom stereocenters. The molecule has 2 bridgehead atoms. The van der Waals surface area contributed by atoms with Crippen molar-refractivity contribution in [2.24, 2.45) is 23.7 Å². The molecule has 0 aromatic carbocycles. The van der Waals surface area contributed by atoms with Crippen LogP contribution >= 0.6 is 0 Å². The molecular formula is C16H29NO. The van der Waals surface area contributed by atoms with Crippen LogP contribution in [0.25, 0.3) is 0 Å². The van der Waals surface area contributed by atoms with Crippen molar-refractivity contribution in [1.82, 2.24) is 4.90 Å². The van der Waals surface area contributed by atoms with Crippen molar-refractivity contribution in [3.8, 4) is 0 Å². The van der Waals surface area contributed by atoms with Gasteiger partial charge in [-0.2, -0.15) is 0 Å². The lowest BCUT2D eigenvalue weighted by atomic mass is 9.85. The number of hydrogen-bond acceptors (Lipinski definition) is 2. The average Bonchev–Trinajstić information content (AvgIpc) is 2.94. The van der Waals surface area contributed by atoms with Gasteiger partial charge >= 0.3 is 0 Å². The molecule has 3 aliphatic rings. The monoisotopic (exact) mass is 251 g/mol. The molecule has 0 aromatic rings. The Labute approximate surface area is 112 Å². The molecule has 3 aliphatic carbocycles. The van der Waals surface area contributed by atoms with Crippen LogP contribution in [0, 0.1) is 23.7 Å². The Morgan fingerprint density at radius 2 is 1.72 bits per heavy atom. The van der Waals surface area contributed by atoms with Crippen LogP contribution in [0.5, 0.6) is 0 Å².